The highest BCUT2D eigenvalue weighted by atomic mass is 16.2. The molecule has 1 fully saturated rings. The number of rotatable bonds is 4. The summed E-state index contributed by atoms with van der Waals surface area (Å²) >= 11 is 0. The van der Waals surface area contributed by atoms with Gasteiger partial charge in [0.15, 0.2) is 0 Å². The van der Waals surface area contributed by atoms with Crippen LogP contribution < -0.4 is 0 Å². The Morgan fingerprint density at radius 2 is 2.10 bits per heavy atom. The minimum absolute atomic E-state index is 0.0888. The molecule has 1 aliphatic rings. The molecule has 7 nitrogen and oxygen atoms in total. The van der Waals surface area contributed by atoms with E-state index in [0.717, 1.165) is 39.3 Å². The number of hydrogen-bond donors (Lipinski definition) is 1. The van der Waals surface area contributed by atoms with E-state index < -0.39 is 0 Å². The normalized spacial score (nSPS) is 16.5. The summed E-state index contributed by atoms with van der Waals surface area (Å²) in [4.78, 5) is 23.3. The summed E-state index contributed by atoms with van der Waals surface area (Å²) in [6, 6.07) is 3.67. The Morgan fingerprint density at radius 1 is 1.25 bits per heavy atom. The highest BCUT2D eigenvalue weighted by Gasteiger charge is 2.22. The molecule has 1 amide bonds. The van der Waals surface area contributed by atoms with Crippen molar-refractivity contribution in [2.24, 2.45) is 0 Å². The first kappa shape index (κ1) is 12.9. The number of hydrogen-bond acceptors (Lipinski definition) is 4. The van der Waals surface area contributed by atoms with Crippen LogP contribution in [0.4, 0.5) is 0 Å². The number of carbonyl (C=O) groups excluding carboxylic acids is 1. The molecular weight excluding hydrogens is 256 g/mol. The fourth-order valence-electron chi connectivity index (χ4n) is 2.40. The van der Waals surface area contributed by atoms with Gasteiger partial charge in [-0.2, -0.15) is 5.10 Å². The Labute approximate surface area is 117 Å². The maximum atomic E-state index is 12.2. The molecule has 0 spiro atoms. The minimum Gasteiger partial charge on any atom is -0.357 e. The molecule has 20 heavy (non-hydrogen) atoms. The summed E-state index contributed by atoms with van der Waals surface area (Å²) in [6.45, 7) is 5.13. The SMILES string of the molecule is O=C(c1ccc[nH]1)N1CCN(CCn2cncn2)CC1. The highest BCUT2D eigenvalue weighted by Crippen LogP contribution is 2.07. The topological polar surface area (TPSA) is 70.1 Å². The van der Waals surface area contributed by atoms with Crippen LogP contribution in [0.5, 0.6) is 0 Å². The molecule has 0 unspecified atom stereocenters. The fraction of sp³-hybridized carbons (Fsp3) is 0.462. The van der Waals surface area contributed by atoms with Crippen LogP contribution in [-0.2, 0) is 6.54 Å². The van der Waals surface area contributed by atoms with Gasteiger partial charge in [0.2, 0.25) is 0 Å². The van der Waals surface area contributed by atoms with Gasteiger partial charge in [0, 0.05) is 38.9 Å². The Hall–Kier alpha value is -2.15. The zero-order valence-corrected chi connectivity index (χ0v) is 11.3. The van der Waals surface area contributed by atoms with Gasteiger partial charge in [0.1, 0.15) is 18.3 Å². The first-order valence-electron chi connectivity index (χ1n) is 6.80. The van der Waals surface area contributed by atoms with Crippen molar-refractivity contribution in [1.29, 1.82) is 0 Å². The van der Waals surface area contributed by atoms with Gasteiger partial charge in [0.25, 0.3) is 5.91 Å². The lowest BCUT2D eigenvalue weighted by atomic mass is 10.2. The van der Waals surface area contributed by atoms with Crippen LogP contribution in [0.2, 0.25) is 0 Å². The third-order valence-corrected chi connectivity index (χ3v) is 3.60. The lowest BCUT2D eigenvalue weighted by Gasteiger charge is -2.34. The number of nitrogens with one attached hydrogen (secondary N) is 1. The molecule has 1 aliphatic heterocycles. The van der Waals surface area contributed by atoms with Crippen LogP contribution in [0.3, 0.4) is 0 Å². The van der Waals surface area contributed by atoms with Gasteiger partial charge in [-0.1, -0.05) is 0 Å². The summed E-state index contributed by atoms with van der Waals surface area (Å²) < 4.78 is 1.83. The van der Waals surface area contributed by atoms with Crippen molar-refractivity contribution in [3.05, 3.63) is 36.7 Å². The average Bonchev–Trinajstić information content (AvgIpc) is 3.18. The second-order valence-electron chi connectivity index (χ2n) is 4.88. The molecule has 3 rings (SSSR count). The first-order chi connectivity index (χ1) is 9.83. The monoisotopic (exact) mass is 274 g/mol. The molecule has 0 bridgehead atoms. The molecule has 2 aromatic rings. The van der Waals surface area contributed by atoms with Gasteiger partial charge in [-0.3, -0.25) is 14.4 Å². The molecule has 0 radical (unpaired) electrons. The van der Waals surface area contributed by atoms with E-state index in [4.69, 9.17) is 0 Å². The quantitative estimate of drug-likeness (QED) is 0.856. The second kappa shape index (κ2) is 5.87. The van der Waals surface area contributed by atoms with Crippen molar-refractivity contribution < 1.29 is 4.79 Å². The van der Waals surface area contributed by atoms with Gasteiger partial charge in [-0.05, 0) is 12.1 Å². The van der Waals surface area contributed by atoms with Crippen LogP contribution in [0.15, 0.2) is 31.0 Å². The standard InChI is InChI=1S/C13H18N6O/c20-13(12-2-1-3-15-12)18-7-4-17(5-8-18)6-9-19-11-14-10-16-19/h1-3,10-11,15H,4-9H2. The van der Waals surface area contributed by atoms with Crippen LogP contribution >= 0.6 is 0 Å². The molecule has 1 N–H and O–H groups in total. The zero-order valence-electron chi connectivity index (χ0n) is 11.3. The van der Waals surface area contributed by atoms with E-state index in [2.05, 4.69) is 20.0 Å². The number of piperazine rings is 1. The predicted octanol–water partition coefficient (Wildman–Crippen LogP) is 0.0642. The highest BCUT2D eigenvalue weighted by molar-refractivity contribution is 5.92. The number of aromatic amines is 1. The van der Waals surface area contributed by atoms with Crippen molar-refractivity contribution in [3.63, 3.8) is 0 Å². The van der Waals surface area contributed by atoms with Crippen molar-refractivity contribution in [3.8, 4) is 0 Å². The molecule has 0 saturated carbocycles. The van der Waals surface area contributed by atoms with E-state index in [1.165, 1.54) is 0 Å². The van der Waals surface area contributed by atoms with Gasteiger partial charge >= 0.3 is 0 Å². The summed E-state index contributed by atoms with van der Waals surface area (Å²) in [6.07, 6.45) is 5.06. The van der Waals surface area contributed by atoms with E-state index in [-0.39, 0.29) is 5.91 Å². The Kier molecular flexibility index (Phi) is 3.78. The summed E-state index contributed by atoms with van der Waals surface area (Å²) in [7, 11) is 0. The van der Waals surface area contributed by atoms with Gasteiger partial charge < -0.3 is 9.88 Å². The molecule has 0 aliphatic carbocycles. The predicted molar refractivity (Wildman–Crippen MR) is 73.2 cm³/mol. The molecule has 0 atom stereocenters. The zero-order chi connectivity index (χ0) is 13.8. The van der Waals surface area contributed by atoms with Gasteiger partial charge in [0.05, 0.1) is 6.54 Å². The van der Waals surface area contributed by atoms with E-state index in [9.17, 15) is 4.79 Å². The minimum atomic E-state index is 0.0888. The average molecular weight is 274 g/mol. The number of aromatic nitrogens is 4. The molecule has 106 valence electrons. The second-order valence-corrected chi connectivity index (χ2v) is 4.88. The van der Waals surface area contributed by atoms with E-state index in [1.54, 1.807) is 18.9 Å². The number of H-pyrrole nitrogens is 1. The molecule has 3 heterocycles. The molecule has 0 aromatic carbocycles. The van der Waals surface area contributed by atoms with E-state index >= 15 is 0 Å². The van der Waals surface area contributed by atoms with Crippen LogP contribution in [0.25, 0.3) is 0 Å². The number of amides is 1. The Bertz CT molecular complexity index is 527. The number of carbonyl (C=O) groups is 1. The van der Waals surface area contributed by atoms with Gasteiger partial charge in [-0.15, -0.1) is 0 Å². The smallest absolute Gasteiger partial charge is 0.270 e. The maximum absolute atomic E-state index is 12.2. The Morgan fingerprint density at radius 3 is 2.75 bits per heavy atom. The Balaban J connectivity index is 1.46. The summed E-state index contributed by atoms with van der Waals surface area (Å²) in [5.74, 6) is 0.0888. The first-order valence-corrected chi connectivity index (χ1v) is 6.80. The van der Waals surface area contributed by atoms with Crippen molar-refractivity contribution in [1.82, 2.24) is 29.5 Å². The molecular formula is C13H18N6O. The van der Waals surface area contributed by atoms with Crippen LogP contribution in [0, 0.1) is 0 Å². The fourth-order valence-corrected chi connectivity index (χ4v) is 2.40. The third-order valence-electron chi connectivity index (χ3n) is 3.60. The lowest BCUT2D eigenvalue weighted by molar-refractivity contribution is 0.0627. The maximum Gasteiger partial charge on any atom is 0.270 e. The van der Waals surface area contributed by atoms with Crippen molar-refractivity contribution >= 4 is 5.91 Å². The van der Waals surface area contributed by atoms with Crippen LogP contribution in [-0.4, -0.2) is 68.2 Å². The molecule has 1 saturated heterocycles. The summed E-state index contributed by atoms with van der Waals surface area (Å²) in [5.41, 5.74) is 0.668. The molecule has 7 heteroatoms. The van der Waals surface area contributed by atoms with Crippen LogP contribution in [0.1, 0.15) is 10.5 Å². The van der Waals surface area contributed by atoms with E-state index in [0.29, 0.717) is 5.69 Å². The molecule has 2 aromatic heterocycles. The third kappa shape index (κ3) is 2.88. The van der Waals surface area contributed by atoms with Crippen molar-refractivity contribution in [2.75, 3.05) is 32.7 Å². The summed E-state index contributed by atoms with van der Waals surface area (Å²) in [5, 5.41) is 4.09. The van der Waals surface area contributed by atoms with Gasteiger partial charge in [-0.25, -0.2) is 4.98 Å². The van der Waals surface area contributed by atoms with Crippen molar-refractivity contribution in [2.45, 2.75) is 6.54 Å². The lowest BCUT2D eigenvalue weighted by Crippen LogP contribution is -2.49. The van der Waals surface area contributed by atoms with E-state index in [1.807, 2.05) is 21.7 Å². The largest absolute Gasteiger partial charge is 0.357 e. The number of nitrogens with zero attached hydrogens (tertiary/aromatic N) is 5.